The van der Waals surface area contributed by atoms with Gasteiger partial charge in [0.15, 0.2) is 0 Å². The Kier molecular flexibility index (Phi) is 7.83. The molecule has 0 aliphatic carbocycles. The summed E-state index contributed by atoms with van der Waals surface area (Å²) in [7, 11) is 0. The fraction of sp³-hybridized carbons (Fsp3) is 0.533. The van der Waals surface area contributed by atoms with Crippen LogP contribution in [0.3, 0.4) is 0 Å². The van der Waals surface area contributed by atoms with Crippen LogP contribution >= 0.6 is 0 Å². The highest BCUT2D eigenvalue weighted by Crippen LogP contribution is 2.02. The Bertz CT molecular complexity index is 375. The second-order valence-corrected chi connectivity index (χ2v) is 4.46. The third-order valence-corrected chi connectivity index (χ3v) is 2.88. The lowest BCUT2D eigenvalue weighted by molar-refractivity contribution is 0.0110. The van der Waals surface area contributed by atoms with Gasteiger partial charge in [-0.05, 0) is 12.1 Å². The molecule has 1 aromatic carbocycles. The van der Waals surface area contributed by atoms with E-state index in [0.717, 1.165) is 12.1 Å². The summed E-state index contributed by atoms with van der Waals surface area (Å²) in [6.07, 6.45) is -0.0202. The third-order valence-electron chi connectivity index (χ3n) is 2.88. The highest BCUT2D eigenvalue weighted by molar-refractivity contribution is 5.13. The summed E-state index contributed by atoms with van der Waals surface area (Å²) in [4.78, 5) is 2.06. The molecule has 0 saturated heterocycles. The van der Waals surface area contributed by atoms with E-state index in [2.05, 4.69) is 11.0 Å². The summed E-state index contributed by atoms with van der Waals surface area (Å²) < 4.78 is 5.49. The molecule has 0 aromatic heterocycles. The van der Waals surface area contributed by atoms with Crippen LogP contribution in [0.15, 0.2) is 30.3 Å². The average Bonchev–Trinajstić information content (AvgIpc) is 2.44. The molecule has 104 valence electrons. The van der Waals surface area contributed by atoms with E-state index < -0.39 is 6.10 Å². The molecule has 0 amide bonds. The second kappa shape index (κ2) is 9.51. The number of ether oxygens (including phenoxy) is 1. The Balaban J connectivity index is 2.20. The Morgan fingerprint density at radius 1 is 1.37 bits per heavy atom. The Morgan fingerprint density at radius 2 is 2.11 bits per heavy atom. The van der Waals surface area contributed by atoms with Crippen molar-refractivity contribution in [2.75, 3.05) is 26.2 Å². The van der Waals surface area contributed by atoms with Crippen LogP contribution in [0.2, 0.25) is 0 Å². The van der Waals surface area contributed by atoms with Gasteiger partial charge in [0.05, 0.1) is 25.4 Å². The molecule has 0 saturated carbocycles. The van der Waals surface area contributed by atoms with E-state index in [4.69, 9.17) is 10.00 Å². The maximum atomic E-state index is 9.88. The molecule has 19 heavy (non-hydrogen) atoms. The minimum Gasteiger partial charge on any atom is -0.389 e. The lowest BCUT2D eigenvalue weighted by Crippen LogP contribution is -2.35. The van der Waals surface area contributed by atoms with Gasteiger partial charge in [-0.25, -0.2) is 0 Å². The standard InChI is InChI=1S/C15H22N2O2/c1-2-17(10-6-9-16)11-15(18)13-19-12-14-7-4-3-5-8-14/h3-5,7-8,15,18H,2,6,10-13H2,1H3. The normalized spacial score (nSPS) is 12.3. The van der Waals surface area contributed by atoms with Crippen molar-refractivity contribution in [2.45, 2.75) is 26.1 Å². The summed E-state index contributed by atoms with van der Waals surface area (Å²) in [5.74, 6) is 0. The van der Waals surface area contributed by atoms with Crippen molar-refractivity contribution < 1.29 is 9.84 Å². The van der Waals surface area contributed by atoms with Crippen LogP contribution in [0.1, 0.15) is 18.9 Å². The molecule has 0 bridgehead atoms. The Labute approximate surface area is 115 Å². The van der Waals surface area contributed by atoms with Crippen LogP contribution in [-0.4, -0.2) is 42.4 Å². The van der Waals surface area contributed by atoms with Crippen molar-refractivity contribution in [3.05, 3.63) is 35.9 Å². The minimum absolute atomic E-state index is 0.317. The Hall–Kier alpha value is -1.41. The molecule has 1 aromatic rings. The van der Waals surface area contributed by atoms with E-state index in [0.29, 0.717) is 32.7 Å². The van der Waals surface area contributed by atoms with E-state index in [1.807, 2.05) is 37.3 Å². The van der Waals surface area contributed by atoms with Crippen LogP contribution in [-0.2, 0) is 11.3 Å². The van der Waals surface area contributed by atoms with Crippen molar-refractivity contribution >= 4 is 0 Å². The predicted octanol–water partition coefficient (Wildman–Crippen LogP) is 1.80. The fourth-order valence-corrected chi connectivity index (χ4v) is 1.82. The molecule has 0 spiro atoms. The van der Waals surface area contributed by atoms with Gasteiger partial charge < -0.3 is 9.84 Å². The molecule has 4 nitrogen and oxygen atoms in total. The van der Waals surface area contributed by atoms with Crippen LogP contribution < -0.4 is 0 Å². The van der Waals surface area contributed by atoms with Gasteiger partial charge in [-0.1, -0.05) is 37.3 Å². The fourth-order valence-electron chi connectivity index (χ4n) is 1.82. The first-order valence-corrected chi connectivity index (χ1v) is 6.65. The summed E-state index contributed by atoms with van der Waals surface area (Å²) in [6.45, 7) is 4.93. The van der Waals surface area contributed by atoms with Crippen molar-refractivity contribution in [1.29, 1.82) is 5.26 Å². The minimum atomic E-state index is -0.512. The number of rotatable bonds is 9. The quantitative estimate of drug-likeness (QED) is 0.737. The smallest absolute Gasteiger partial charge is 0.0900 e. The summed E-state index contributed by atoms with van der Waals surface area (Å²) in [5.41, 5.74) is 1.10. The summed E-state index contributed by atoms with van der Waals surface area (Å²) >= 11 is 0. The van der Waals surface area contributed by atoms with Gasteiger partial charge in [-0.15, -0.1) is 0 Å². The maximum absolute atomic E-state index is 9.88. The highest BCUT2D eigenvalue weighted by Gasteiger charge is 2.10. The number of hydrogen-bond acceptors (Lipinski definition) is 4. The van der Waals surface area contributed by atoms with Gasteiger partial charge in [-0.3, -0.25) is 4.90 Å². The topological polar surface area (TPSA) is 56.5 Å². The zero-order valence-electron chi connectivity index (χ0n) is 11.5. The van der Waals surface area contributed by atoms with Gasteiger partial charge in [0.25, 0.3) is 0 Å². The first-order valence-electron chi connectivity index (χ1n) is 6.65. The SMILES string of the molecule is CCN(CCC#N)CC(O)COCc1ccccc1. The first-order chi connectivity index (χ1) is 9.26. The van der Waals surface area contributed by atoms with Crippen molar-refractivity contribution in [3.63, 3.8) is 0 Å². The molecule has 1 atom stereocenters. The van der Waals surface area contributed by atoms with Crippen molar-refractivity contribution in [1.82, 2.24) is 4.90 Å². The van der Waals surface area contributed by atoms with Gasteiger partial charge in [0, 0.05) is 19.5 Å². The van der Waals surface area contributed by atoms with Crippen LogP contribution in [0.5, 0.6) is 0 Å². The van der Waals surface area contributed by atoms with Crippen LogP contribution in [0, 0.1) is 11.3 Å². The van der Waals surface area contributed by atoms with E-state index in [1.54, 1.807) is 0 Å². The lowest BCUT2D eigenvalue weighted by Gasteiger charge is -2.22. The number of aliphatic hydroxyl groups excluding tert-OH is 1. The van der Waals surface area contributed by atoms with E-state index in [-0.39, 0.29) is 0 Å². The third kappa shape index (κ3) is 6.92. The molecule has 0 radical (unpaired) electrons. The molecule has 0 aliphatic heterocycles. The van der Waals surface area contributed by atoms with E-state index >= 15 is 0 Å². The van der Waals surface area contributed by atoms with Crippen LogP contribution in [0.4, 0.5) is 0 Å². The zero-order valence-corrected chi connectivity index (χ0v) is 11.5. The molecule has 4 heteroatoms. The number of nitrogens with zero attached hydrogens (tertiary/aromatic N) is 2. The molecular weight excluding hydrogens is 240 g/mol. The molecule has 0 aliphatic rings. The van der Waals surface area contributed by atoms with Crippen LogP contribution in [0.25, 0.3) is 0 Å². The first kappa shape index (κ1) is 15.6. The second-order valence-electron chi connectivity index (χ2n) is 4.46. The van der Waals surface area contributed by atoms with Gasteiger partial charge in [0.1, 0.15) is 0 Å². The molecule has 1 rings (SSSR count). The number of nitriles is 1. The van der Waals surface area contributed by atoms with Gasteiger partial charge >= 0.3 is 0 Å². The van der Waals surface area contributed by atoms with E-state index in [1.165, 1.54) is 0 Å². The number of likely N-dealkylation sites (N-methyl/N-ethyl adjacent to an activating group) is 1. The number of hydrogen-bond donors (Lipinski definition) is 1. The number of aliphatic hydroxyl groups is 1. The maximum Gasteiger partial charge on any atom is 0.0900 e. The lowest BCUT2D eigenvalue weighted by atomic mass is 10.2. The van der Waals surface area contributed by atoms with Gasteiger partial charge in [-0.2, -0.15) is 5.26 Å². The molecule has 0 fully saturated rings. The predicted molar refractivity (Wildman–Crippen MR) is 74.4 cm³/mol. The summed E-state index contributed by atoms with van der Waals surface area (Å²) in [5, 5.41) is 18.4. The molecule has 1 unspecified atom stereocenters. The van der Waals surface area contributed by atoms with Gasteiger partial charge in [0.2, 0.25) is 0 Å². The molecular formula is C15H22N2O2. The largest absolute Gasteiger partial charge is 0.389 e. The highest BCUT2D eigenvalue weighted by atomic mass is 16.5. The summed E-state index contributed by atoms with van der Waals surface area (Å²) in [6, 6.07) is 12.0. The van der Waals surface area contributed by atoms with Crippen molar-refractivity contribution in [2.24, 2.45) is 0 Å². The molecule has 1 N–H and O–H groups in total. The van der Waals surface area contributed by atoms with E-state index in [9.17, 15) is 5.11 Å². The zero-order chi connectivity index (χ0) is 13.9. The molecule has 0 heterocycles. The Morgan fingerprint density at radius 3 is 2.74 bits per heavy atom. The average molecular weight is 262 g/mol. The number of benzene rings is 1. The van der Waals surface area contributed by atoms with Crippen molar-refractivity contribution in [3.8, 4) is 6.07 Å². The monoisotopic (exact) mass is 262 g/mol.